The molecule has 0 aliphatic rings. The quantitative estimate of drug-likeness (QED) is 0.916. The van der Waals surface area contributed by atoms with E-state index in [1.54, 1.807) is 24.7 Å². The molecule has 0 radical (unpaired) electrons. The minimum Gasteiger partial charge on any atom is -0.492 e. The maximum Gasteiger partial charge on any atom is 0.120 e. The zero-order valence-corrected chi connectivity index (χ0v) is 12.5. The van der Waals surface area contributed by atoms with E-state index in [1.807, 2.05) is 24.3 Å². The Balaban J connectivity index is 1.88. The first-order chi connectivity index (χ1) is 8.95. The van der Waals surface area contributed by atoms with Crippen LogP contribution in [0.4, 0.5) is 0 Å². The number of aromatic nitrogens is 3. The molecule has 1 aromatic heterocycles. The summed E-state index contributed by atoms with van der Waals surface area (Å²) >= 11 is 3.39. The molecule has 0 aliphatic heterocycles. The molecule has 0 saturated carbocycles. The number of hydrogen-bond donors (Lipinski definition) is 1. The minimum atomic E-state index is -0.969. The van der Waals surface area contributed by atoms with Crippen molar-refractivity contribution in [3.63, 3.8) is 0 Å². The monoisotopic (exact) mass is 325 g/mol. The van der Waals surface area contributed by atoms with E-state index in [2.05, 4.69) is 26.2 Å². The molecular weight excluding hydrogens is 310 g/mol. The van der Waals surface area contributed by atoms with Gasteiger partial charge in [-0.05, 0) is 32.0 Å². The third kappa shape index (κ3) is 4.04. The Hall–Kier alpha value is -1.40. The third-order valence-corrected chi connectivity index (χ3v) is 3.04. The molecule has 6 heteroatoms. The van der Waals surface area contributed by atoms with E-state index in [0.717, 1.165) is 10.2 Å². The number of rotatable bonds is 5. The SMILES string of the molecule is CC(C)(O)c1cn(CCOc2cccc(Br)c2)nn1. The van der Waals surface area contributed by atoms with Gasteiger partial charge in [0, 0.05) is 4.47 Å². The molecular formula is C13H16BrN3O2. The molecule has 19 heavy (non-hydrogen) atoms. The Morgan fingerprint density at radius 3 is 2.84 bits per heavy atom. The first-order valence-electron chi connectivity index (χ1n) is 5.96. The van der Waals surface area contributed by atoms with Crippen LogP contribution in [0.15, 0.2) is 34.9 Å². The highest BCUT2D eigenvalue weighted by Gasteiger charge is 2.19. The molecule has 1 heterocycles. The molecule has 1 N–H and O–H groups in total. The topological polar surface area (TPSA) is 60.2 Å². The number of halogens is 1. The summed E-state index contributed by atoms with van der Waals surface area (Å²) < 4.78 is 8.24. The van der Waals surface area contributed by atoms with Crippen LogP contribution in [0.2, 0.25) is 0 Å². The molecule has 0 saturated heterocycles. The minimum absolute atomic E-state index is 0.491. The average molecular weight is 326 g/mol. The van der Waals surface area contributed by atoms with Crippen molar-refractivity contribution in [3.05, 3.63) is 40.6 Å². The van der Waals surface area contributed by atoms with Crippen LogP contribution in [0.25, 0.3) is 0 Å². The van der Waals surface area contributed by atoms with E-state index in [9.17, 15) is 5.11 Å². The van der Waals surface area contributed by atoms with Crippen LogP contribution in [-0.4, -0.2) is 26.7 Å². The predicted octanol–water partition coefficient (Wildman–Crippen LogP) is 2.35. The summed E-state index contributed by atoms with van der Waals surface area (Å²) in [4.78, 5) is 0. The summed E-state index contributed by atoms with van der Waals surface area (Å²) in [5.41, 5.74) is -0.418. The Labute approximate surface area is 120 Å². The van der Waals surface area contributed by atoms with Gasteiger partial charge in [0.1, 0.15) is 23.7 Å². The van der Waals surface area contributed by atoms with Crippen LogP contribution < -0.4 is 4.74 Å². The zero-order valence-electron chi connectivity index (χ0n) is 10.9. The first kappa shape index (κ1) is 14.0. The van der Waals surface area contributed by atoms with E-state index < -0.39 is 5.60 Å². The fourth-order valence-corrected chi connectivity index (χ4v) is 1.88. The number of hydrogen-bond acceptors (Lipinski definition) is 4. The van der Waals surface area contributed by atoms with Gasteiger partial charge in [0.15, 0.2) is 0 Å². The molecule has 0 unspecified atom stereocenters. The van der Waals surface area contributed by atoms with E-state index in [0.29, 0.717) is 18.8 Å². The molecule has 1 aromatic carbocycles. The maximum atomic E-state index is 9.78. The van der Waals surface area contributed by atoms with Crippen LogP contribution in [0.3, 0.4) is 0 Å². The average Bonchev–Trinajstić information content (AvgIpc) is 2.77. The van der Waals surface area contributed by atoms with Gasteiger partial charge in [-0.2, -0.15) is 0 Å². The third-order valence-electron chi connectivity index (χ3n) is 2.55. The van der Waals surface area contributed by atoms with E-state index in [1.165, 1.54) is 0 Å². The fraction of sp³-hybridized carbons (Fsp3) is 0.385. The lowest BCUT2D eigenvalue weighted by Crippen LogP contribution is -2.16. The number of ether oxygens (including phenoxy) is 1. The van der Waals surface area contributed by atoms with Gasteiger partial charge in [-0.3, -0.25) is 0 Å². The summed E-state index contributed by atoms with van der Waals surface area (Å²) in [6.07, 6.45) is 1.73. The second-order valence-electron chi connectivity index (χ2n) is 4.73. The highest BCUT2D eigenvalue weighted by atomic mass is 79.9. The lowest BCUT2D eigenvalue weighted by atomic mass is 10.1. The summed E-state index contributed by atoms with van der Waals surface area (Å²) in [5.74, 6) is 0.803. The standard InChI is InChI=1S/C13H16BrN3O2/c1-13(2,18)12-9-17(16-15-12)6-7-19-11-5-3-4-10(14)8-11/h3-5,8-9,18H,6-7H2,1-2H3. The molecule has 0 bridgehead atoms. The van der Waals surface area contributed by atoms with Crippen molar-refractivity contribution in [1.29, 1.82) is 0 Å². The highest BCUT2D eigenvalue weighted by molar-refractivity contribution is 9.10. The van der Waals surface area contributed by atoms with Crippen LogP contribution in [0.1, 0.15) is 19.5 Å². The molecule has 0 fully saturated rings. The van der Waals surface area contributed by atoms with Gasteiger partial charge in [0.2, 0.25) is 0 Å². The van der Waals surface area contributed by atoms with E-state index >= 15 is 0 Å². The summed E-state index contributed by atoms with van der Waals surface area (Å²) in [6, 6.07) is 7.67. The zero-order chi connectivity index (χ0) is 13.9. The molecule has 0 aliphatic carbocycles. The van der Waals surface area contributed by atoms with Crippen molar-refractivity contribution >= 4 is 15.9 Å². The van der Waals surface area contributed by atoms with Crippen molar-refractivity contribution in [3.8, 4) is 5.75 Å². The van der Waals surface area contributed by atoms with Gasteiger partial charge in [-0.1, -0.05) is 27.2 Å². The summed E-state index contributed by atoms with van der Waals surface area (Å²) in [5, 5.41) is 17.7. The lowest BCUT2D eigenvalue weighted by molar-refractivity contribution is 0.0737. The van der Waals surface area contributed by atoms with Gasteiger partial charge < -0.3 is 9.84 Å². The molecule has 5 nitrogen and oxygen atoms in total. The molecule has 2 aromatic rings. The Bertz CT molecular complexity index is 549. The van der Waals surface area contributed by atoms with Gasteiger partial charge in [-0.15, -0.1) is 5.10 Å². The van der Waals surface area contributed by atoms with Crippen molar-refractivity contribution in [2.45, 2.75) is 26.0 Å². The molecule has 2 rings (SSSR count). The lowest BCUT2D eigenvalue weighted by Gasteiger charge is -2.11. The van der Waals surface area contributed by atoms with Gasteiger partial charge in [0.25, 0.3) is 0 Å². The highest BCUT2D eigenvalue weighted by Crippen LogP contribution is 2.18. The second kappa shape index (κ2) is 5.71. The van der Waals surface area contributed by atoms with Crippen LogP contribution in [0.5, 0.6) is 5.75 Å². The summed E-state index contributed by atoms with van der Waals surface area (Å²) in [6.45, 7) is 4.43. The second-order valence-corrected chi connectivity index (χ2v) is 5.65. The fourth-order valence-electron chi connectivity index (χ4n) is 1.50. The van der Waals surface area contributed by atoms with Crippen molar-refractivity contribution in [2.24, 2.45) is 0 Å². The van der Waals surface area contributed by atoms with Crippen molar-refractivity contribution < 1.29 is 9.84 Å². The van der Waals surface area contributed by atoms with Gasteiger partial charge >= 0.3 is 0 Å². The predicted molar refractivity (Wildman–Crippen MR) is 74.9 cm³/mol. The Morgan fingerprint density at radius 2 is 2.21 bits per heavy atom. The molecule has 0 amide bonds. The van der Waals surface area contributed by atoms with Crippen LogP contribution >= 0.6 is 15.9 Å². The molecule has 0 spiro atoms. The van der Waals surface area contributed by atoms with Crippen LogP contribution in [-0.2, 0) is 12.1 Å². The smallest absolute Gasteiger partial charge is 0.120 e. The van der Waals surface area contributed by atoms with E-state index in [4.69, 9.17) is 4.74 Å². The van der Waals surface area contributed by atoms with Crippen molar-refractivity contribution in [2.75, 3.05) is 6.61 Å². The maximum absolute atomic E-state index is 9.78. The number of benzene rings is 1. The summed E-state index contributed by atoms with van der Waals surface area (Å²) in [7, 11) is 0. The largest absolute Gasteiger partial charge is 0.492 e. The Kier molecular flexibility index (Phi) is 4.21. The molecule has 0 atom stereocenters. The molecule has 102 valence electrons. The first-order valence-corrected chi connectivity index (χ1v) is 6.76. The van der Waals surface area contributed by atoms with Crippen molar-refractivity contribution in [1.82, 2.24) is 15.0 Å². The van der Waals surface area contributed by atoms with Gasteiger partial charge in [0.05, 0.1) is 12.7 Å². The number of nitrogens with zero attached hydrogens (tertiary/aromatic N) is 3. The Morgan fingerprint density at radius 1 is 1.42 bits per heavy atom. The van der Waals surface area contributed by atoms with E-state index in [-0.39, 0.29) is 0 Å². The number of aliphatic hydroxyl groups is 1. The normalized spacial score (nSPS) is 11.6. The van der Waals surface area contributed by atoms with Crippen LogP contribution in [0, 0.1) is 0 Å². The van der Waals surface area contributed by atoms with Gasteiger partial charge in [-0.25, -0.2) is 4.68 Å².